The molecule has 3 nitrogen and oxygen atoms in total. The van der Waals surface area contributed by atoms with Crippen LogP contribution in [0.15, 0.2) is 18.2 Å². The van der Waals surface area contributed by atoms with Crippen LogP contribution in [0.5, 0.6) is 11.5 Å². The van der Waals surface area contributed by atoms with Gasteiger partial charge in [0.25, 0.3) is 0 Å². The lowest BCUT2D eigenvalue weighted by atomic mass is 10.0. The Bertz CT molecular complexity index is 352. The van der Waals surface area contributed by atoms with Gasteiger partial charge in [0.15, 0.2) is 0 Å². The Balaban J connectivity index is 2.55. The van der Waals surface area contributed by atoms with Crippen molar-refractivity contribution in [3.05, 3.63) is 18.2 Å². The van der Waals surface area contributed by atoms with Crippen LogP contribution >= 0.6 is 0 Å². The fourth-order valence-corrected chi connectivity index (χ4v) is 1.87. The van der Waals surface area contributed by atoms with Crippen LogP contribution in [0.3, 0.4) is 0 Å². The van der Waals surface area contributed by atoms with Crippen LogP contribution in [0.25, 0.3) is 0 Å². The standard InChI is InChI=1S/C15H25NO2/c1-4-6-7-12(5-2)11-18-15-10-13(17-3)8-9-14(15)16/h8-10,12H,4-7,11,16H2,1-3H3. The fourth-order valence-electron chi connectivity index (χ4n) is 1.87. The first-order valence-corrected chi connectivity index (χ1v) is 6.77. The van der Waals surface area contributed by atoms with Crippen molar-refractivity contribution < 1.29 is 9.47 Å². The quantitative estimate of drug-likeness (QED) is 0.713. The van der Waals surface area contributed by atoms with Crippen molar-refractivity contribution in [1.29, 1.82) is 0 Å². The second-order valence-electron chi connectivity index (χ2n) is 4.63. The first-order chi connectivity index (χ1) is 8.71. The number of benzene rings is 1. The van der Waals surface area contributed by atoms with E-state index < -0.39 is 0 Å². The number of nitrogens with two attached hydrogens (primary N) is 1. The van der Waals surface area contributed by atoms with Gasteiger partial charge in [0.2, 0.25) is 0 Å². The van der Waals surface area contributed by atoms with E-state index >= 15 is 0 Å². The summed E-state index contributed by atoms with van der Waals surface area (Å²) in [6, 6.07) is 5.51. The predicted octanol–water partition coefficient (Wildman–Crippen LogP) is 3.87. The van der Waals surface area contributed by atoms with Gasteiger partial charge < -0.3 is 15.2 Å². The Morgan fingerprint density at radius 2 is 2.06 bits per heavy atom. The lowest BCUT2D eigenvalue weighted by Crippen LogP contribution is -2.12. The van der Waals surface area contributed by atoms with E-state index in [4.69, 9.17) is 15.2 Å². The average molecular weight is 251 g/mol. The van der Waals surface area contributed by atoms with E-state index in [0.717, 1.165) is 24.5 Å². The molecule has 0 heterocycles. The first kappa shape index (κ1) is 14.7. The highest BCUT2D eigenvalue weighted by Gasteiger charge is 2.09. The van der Waals surface area contributed by atoms with Crippen LogP contribution in [0.2, 0.25) is 0 Å². The number of rotatable bonds is 8. The molecule has 1 rings (SSSR count). The van der Waals surface area contributed by atoms with E-state index in [1.807, 2.05) is 18.2 Å². The number of hydrogen-bond acceptors (Lipinski definition) is 3. The van der Waals surface area contributed by atoms with Crippen LogP contribution in [-0.2, 0) is 0 Å². The molecule has 0 saturated heterocycles. The molecule has 0 fully saturated rings. The minimum absolute atomic E-state index is 0.607. The third-order valence-electron chi connectivity index (χ3n) is 3.24. The van der Waals surface area contributed by atoms with Gasteiger partial charge in [-0.2, -0.15) is 0 Å². The Labute approximate surface area is 110 Å². The summed E-state index contributed by atoms with van der Waals surface area (Å²) in [5, 5.41) is 0. The summed E-state index contributed by atoms with van der Waals surface area (Å²) in [5.41, 5.74) is 6.56. The van der Waals surface area contributed by atoms with Gasteiger partial charge in [0.1, 0.15) is 11.5 Å². The SMILES string of the molecule is CCCCC(CC)COc1cc(OC)ccc1N. The normalized spacial score (nSPS) is 12.2. The molecule has 0 amide bonds. The smallest absolute Gasteiger partial charge is 0.145 e. The lowest BCUT2D eigenvalue weighted by Gasteiger charge is -2.17. The molecule has 0 saturated carbocycles. The molecule has 0 aromatic heterocycles. The Morgan fingerprint density at radius 1 is 1.28 bits per heavy atom. The zero-order valence-corrected chi connectivity index (χ0v) is 11.7. The van der Waals surface area contributed by atoms with Crippen molar-refractivity contribution in [2.75, 3.05) is 19.5 Å². The van der Waals surface area contributed by atoms with Crippen molar-refractivity contribution in [3.8, 4) is 11.5 Å². The summed E-state index contributed by atoms with van der Waals surface area (Å²) in [7, 11) is 1.64. The third-order valence-corrected chi connectivity index (χ3v) is 3.24. The molecule has 0 radical (unpaired) electrons. The van der Waals surface area contributed by atoms with E-state index in [1.54, 1.807) is 7.11 Å². The summed E-state index contributed by atoms with van der Waals surface area (Å²) in [6.07, 6.45) is 4.86. The van der Waals surface area contributed by atoms with E-state index in [1.165, 1.54) is 19.3 Å². The van der Waals surface area contributed by atoms with Crippen molar-refractivity contribution >= 4 is 5.69 Å². The average Bonchev–Trinajstić information content (AvgIpc) is 2.40. The minimum Gasteiger partial charge on any atom is -0.497 e. The molecule has 2 N–H and O–H groups in total. The van der Waals surface area contributed by atoms with Crippen molar-refractivity contribution in [3.63, 3.8) is 0 Å². The zero-order chi connectivity index (χ0) is 13.4. The summed E-state index contributed by atoms with van der Waals surface area (Å²) in [4.78, 5) is 0. The number of anilines is 1. The third kappa shape index (κ3) is 4.47. The van der Waals surface area contributed by atoms with Crippen molar-refractivity contribution in [2.24, 2.45) is 5.92 Å². The highest BCUT2D eigenvalue weighted by molar-refractivity contribution is 5.55. The summed E-state index contributed by atoms with van der Waals surface area (Å²) >= 11 is 0. The van der Waals surface area contributed by atoms with Crippen LogP contribution in [0.4, 0.5) is 5.69 Å². The molecule has 18 heavy (non-hydrogen) atoms. The van der Waals surface area contributed by atoms with Crippen LogP contribution < -0.4 is 15.2 Å². The van der Waals surface area contributed by atoms with Gasteiger partial charge in [-0.15, -0.1) is 0 Å². The molecule has 0 aliphatic rings. The van der Waals surface area contributed by atoms with E-state index in [0.29, 0.717) is 11.6 Å². The predicted molar refractivity (Wildman–Crippen MR) is 76.2 cm³/mol. The second kappa shape index (κ2) is 7.85. The minimum atomic E-state index is 0.607. The van der Waals surface area contributed by atoms with E-state index in [9.17, 15) is 0 Å². The Kier molecular flexibility index (Phi) is 6.40. The van der Waals surface area contributed by atoms with Crippen molar-refractivity contribution in [2.45, 2.75) is 39.5 Å². The molecule has 3 heteroatoms. The molecule has 1 aromatic rings. The molecule has 1 aromatic carbocycles. The summed E-state index contributed by atoms with van der Waals surface area (Å²) in [5.74, 6) is 2.11. The van der Waals surface area contributed by atoms with E-state index in [-0.39, 0.29) is 0 Å². The van der Waals surface area contributed by atoms with Gasteiger partial charge >= 0.3 is 0 Å². The van der Waals surface area contributed by atoms with Gasteiger partial charge in [-0.05, 0) is 24.5 Å². The molecular formula is C15H25NO2. The molecule has 1 unspecified atom stereocenters. The lowest BCUT2D eigenvalue weighted by molar-refractivity contribution is 0.233. The van der Waals surface area contributed by atoms with Crippen molar-refractivity contribution in [1.82, 2.24) is 0 Å². The number of nitrogen functional groups attached to an aromatic ring is 1. The maximum atomic E-state index is 5.89. The molecule has 0 aliphatic carbocycles. The zero-order valence-electron chi connectivity index (χ0n) is 11.7. The van der Waals surface area contributed by atoms with E-state index in [2.05, 4.69) is 13.8 Å². The van der Waals surface area contributed by atoms with Gasteiger partial charge in [0.05, 0.1) is 19.4 Å². The highest BCUT2D eigenvalue weighted by Crippen LogP contribution is 2.27. The Hall–Kier alpha value is -1.38. The maximum absolute atomic E-state index is 5.89. The fraction of sp³-hybridized carbons (Fsp3) is 0.600. The largest absolute Gasteiger partial charge is 0.497 e. The molecule has 0 bridgehead atoms. The maximum Gasteiger partial charge on any atom is 0.145 e. The highest BCUT2D eigenvalue weighted by atomic mass is 16.5. The van der Waals surface area contributed by atoms with Crippen LogP contribution in [0, 0.1) is 5.92 Å². The van der Waals surface area contributed by atoms with Gasteiger partial charge in [-0.3, -0.25) is 0 Å². The van der Waals surface area contributed by atoms with Crippen LogP contribution in [-0.4, -0.2) is 13.7 Å². The second-order valence-corrected chi connectivity index (χ2v) is 4.63. The number of methoxy groups -OCH3 is 1. The topological polar surface area (TPSA) is 44.5 Å². The van der Waals surface area contributed by atoms with Crippen LogP contribution in [0.1, 0.15) is 39.5 Å². The Morgan fingerprint density at radius 3 is 2.67 bits per heavy atom. The van der Waals surface area contributed by atoms with Gasteiger partial charge in [-0.25, -0.2) is 0 Å². The summed E-state index contributed by atoms with van der Waals surface area (Å²) < 4.78 is 11.0. The van der Waals surface area contributed by atoms with Gasteiger partial charge in [0, 0.05) is 6.07 Å². The number of hydrogen-bond donors (Lipinski definition) is 1. The monoisotopic (exact) mass is 251 g/mol. The molecule has 0 spiro atoms. The molecular weight excluding hydrogens is 226 g/mol. The summed E-state index contributed by atoms with van der Waals surface area (Å²) in [6.45, 7) is 5.15. The first-order valence-electron chi connectivity index (χ1n) is 6.77. The number of unbranched alkanes of at least 4 members (excludes halogenated alkanes) is 1. The molecule has 102 valence electrons. The molecule has 0 aliphatic heterocycles. The molecule has 1 atom stereocenters. The van der Waals surface area contributed by atoms with Gasteiger partial charge in [-0.1, -0.05) is 33.1 Å². The number of ether oxygens (including phenoxy) is 2.